The summed E-state index contributed by atoms with van der Waals surface area (Å²) in [5.41, 5.74) is 4.29. The van der Waals surface area contributed by atoms with E-state index in [4.69, 9.17) is 4.74 Å². The Morgan fingerprint density at radius 3 is 2.50 bits per heavy atom. The molecule has 0 saturated heterocycles. The molecule has 2 nitrogen and oxygen atoms in total. The van der Waals surface area contributed by atoms with Crippen molar-refractivity contribution in [3.63, 3.8) is 0 Å². The van der Waals surface area contributed by atoms with Gasteiger partial charge in [-0.1, -0.05) is 6.92 Å². The number of rotatable bonds is 3. The van der Waals surface area contributed by atoms with E-state index in [0.29, 0.717) is 12.4 Å². The van der Waals surface area contributed by atoms with Crippen LogP contribution in [0.3, 0.4) is 0 Å². The Hall–Kier alpha value is -1.02. The van der Waals surface area contributed by atoms with Crippen LogP contribution in [0.15, 0.2) is 6.07 Å². The third kappa shape index (κ3) is 1.90. The Morgan fingerprint density at radius 2 is 2.00 bits per heavy atom. The highest BCUT2D eigenvalue weighted by atomic mass is 16.5. The van der Waals surface area contributed by atoms with Crippen LogP contribution < -0.4 is 0 Å². The van der Waals surface area contributed by atoms with Crippen molar-refractivity contribution in [2.45, 2.75) is 33.8 Å². The molecule has 0 aliphatic carbocycles. The van der Waals surface area contributed by atoms with E-state index in [-0.39, 0.29) is 0 Å². The molecule has 0 spiro atoms. The van der Waals surface area contributed by atoms with Gasteiger partial charge in [-0.15, -0.1) is 0 Å². The predicted octanol–water partition coefficient (Wildman–Crippen LogP) is 2.72. The van der Waals surface area contributed by atoms with Crippen molar-refractivity contribution in [3.05, 3.63) is 28.3 Å². The van der Waals surface area contributed by atoms with E-state index >= 15 is 0 Å². The van der Waals surface area contributed by atoms with Crippen molar-refractivity contribution < 1.29 is 9.84 Å². The molecule has 0 unspecified atom stereocenters. The van der Waals surface area contributed by atoms with E-state index in [1.165, 1.54) is 5.56 Å². The van der Waals surface area contributed by atoms with Crippen LogP contribution >= 0.6 is 0 Å². The van der Waals surface area contributed by atoms with Gasteiger partial charge in [0.2, 0.25) is 0 Å². The molecule has 0 amide bonds. The van der Waals surface area contributed by atoms with Crippen LogP contribution in [-0.4, -0.2) is 12.2 Å². The Bertz CT molecular complexity index is 330. The van der Waals surface area contributed by atoms with Crippen LogP contribution in [-0.2, 0) is 17.8 Å². The second-order valence-corrected chi connectivity index (χ2v) is 3.59. The molecule has 0 aliphatic heterocycles. The van der Waals surface area contributed by atoms with Gasteiger partial charge in [-0.25, -0.2) is 0 Å². The zero-order valence-corrected chi connectivity index (χ0v) is 9.35. The van der Waals surface area contributed by atoms with Gasteiger partial charge in [0.25, 0.3) is 0 Å². The number of benzene rings is 1. The molecule has 0 saturated carbocycles. The van der Waals surface area contributed by atoms with Gasteiger partial charge >= 0.3 is 0 Å². The lowest BCUT2D eigenvalue weighted by Crippen LogP contribution is -1.98. The van der Waals surface area contributed by atoms with Crippen molar-refractivity contribution in [1.29, 1.82) is 0 Å². The summed E-state index contributed by atoms with van der Waals surface area (Å²) in [6.45, 7) is 6.62. The van der Waals surface area contributed by atoms with Gasteiger partial charge in [-0.05, 0) is 48.6 Å². The maximum Gasteiger partial charge on any atom is 0.121 e. The smallest absolute Gasteiger partial charge is 0.121 e. The first-order valence-corrected chi connectivity index (χ1v) is 4.91. The molecule has 1 aromatic carbocycles. The van der Waals surface area contributed by atoms with Crippen LogP contribution in [0.1, 0.15) is 29.2 Å². The largest absolute Gasteiger partial charge is 0.507 e. The average molecular weight is 194 g/mol. The number of aryl methyl sites for hydroxylation is 1. The minimum Gasteiger partial charge on any atom is -0.507 e. The fraction of sp³-hybridized carbons (Fsp3) is 0.500. The van der Waals surface area contributed by atoms with Crippen molar-refractivity contribution in [2.75, 3.05) is 7.11 Å². The summed E-state index contributed by atoms with van der Waals surface area (Å²) in [7, 11) is 1.69. The molecule has 0 aromatic heterocycles. The normalized spacial score (nSPS) is 10.6. The molecule has 2 heteroatoms. The highest BCUT2D eigenvalue weighted by Gasteiger charge is 2.10. The number of hydrogen-bond donors (Lipinski definition) is 1. The number of hydrogen-bond acceptors (Lipinski definition) is 2. The Balaban J connectivity index is 3.27. The highest BCUT2D eigenvalue weighted by molar-refractivity contribution is 5.48. The van der Waals surface area contributed by atoms with E-state index in [2.05, 4.69) is 6.92 Å². The second kappa shape index (κ2) is 4.47. The van der Waals surface area contributed by atoms with Crippen LogP contribution in [0.5, 0.6) is 5.75 Å². The van der Waals surface area contributed by atoms with E-state index in [1.54, 1.807) is 7.11 Å². The standard InChI is InChI=1S/C12H18O2/c1-5-11-9(3)10(7-14-4)6-8(2)12(11)13/h6,13H,5,7H2,1-4H3. The topological polar surface area (TPSA) is 29.5 Å². The highest BCUT2D eigenvalue weighted by Crippen LogP contribution is 2.28. The first-order valence-electron chi connectivity index (χ1n) is 4.91. The summed E-state index contributed by atoms with van der Waals surface area (Å²) >= 11 is 0. The van der Waals surface area contributed by atoms with Crippen LogP contribution in [0.25, 0.3) is 0 Å². The van der Waals surface area contributed by atoms with Gasteiger partial charge in [0.05, 0.1) is 6.61 Å². The minimum absolute atomic E-state index is 0.435. The van der Waals surface area contributed by atoms with Gasteiger partial charge < -0.3 is 9.84 Å². The fourth-order valence-corrected chi connectivity index (χ4v) is 1.79. The number of aromatic hydroxyl groups is 1. The summed E-state index contributed by atoms with van der Waals surface area (Å²) in [6.07, 6.45) is 0.857. The molecular formula is C12H18O2. The van der Waals surface area contributed by atoms with E-state index in [9.17, 15) is 5.11 Å². The maximum atomic E-state index is 9.83. The SMILES string of the molecule is CCc1c(C)c(COC)cc(C)c1O. The quantitative estimate of drug-likeness (QED) is 0.801. The zero-order valence-electron chi connectivity index (χ0n) is 9.35. The molecule has 0 bridgehead atoms. The summed E-state index contributed by atoms with van der Waals surface area (Å²) < 4.78 is 5.12. The summed E-state index contributed by atoms with van der Waals surface area (Å²) in [5, 5.41) is 9.83. The van der Waals surface area contributed by atoms with Gasteiger partial charge in [-0.3, -0.25) is 0 Å². The van der Waals surface area contributed by atoms with Crippen LogP contribution in [0, 0.1) is 13.8 Å². The Morgan fingerprint density at radius 1 is 1.36 bits per heavy atom. The molecule has 0 fully saturated rings. The summed E-state index contributed by atoms with van der Waals surface area (Å²) in [5.74, 6) is 0.435. The minimum atomic E-state index is 0.435. The fourth-order valence-electron chi connectivity index (χ4n) is 1.79. The van der Waals surface area contributed by atoms with Crippen LogP contribution in [0.4, 0.5) is 0 Å². The monoisotopic (exact) mass is 194 g/mol. The average Bonchev–Trinajstić information content (AvgIpc) is 2.16. The molecule has 78 valence electrons. The maximum absolute atomic E-state index is 9.83. The van der Waals surface area contributed by atoms with Crippen molar-refractivity contribution in [1.82, 2.24) is 0 Å². The third-order valence-electron chi connectivity index (χ3n) is 2.64. The van der Waals surface area contributed by atoms with E-state index in [0.717, 1.165) is 23.1 Å². The number of ether oxygens (including phenoxy) is 1. The first-order chi connectivity index (χ1) is 6.61. The van der Waals surface area contributed by atoms with Crippen molar-refractivity contribution in [3.8, 4) is 5.75 Å². The molecule has 0 radical (unpaired) electrons. The Kier molecular flexibility index (Phi) is 3.53. The van der Waals surface area contributed by atoms with E-state index in [1.807, 2.05) is 19.9 Å². The molecular weight excluding hydrogens is 176 g/mol. The lowest BCUT2D eigenvalue weighted by molar-refractivity contribution is 0.184. The molecule has 0 heterocycles. The number of phenols is 1. The number of phenolic OH excluding ortho intramolecular Hbond substituents is 1. The molecule has 1 rings (SSSR count). The predicted molar refractivity (Wildman–Crippen MR) is 57.7 cm³/mol. The lowest BCUT2D eigenvalue weighted by Gasteiger charge is -2.13. The molecule has 1 N–H and O–H groups in total. The van der Waals surface area contributed by atoms with Gasteiger partial charge in [0.15, 0.2) is 0 Å². The lowest BCUT2D eigenvalue weighted by atomic mass is 9.96. The Labute approximate surface area is 85.5 Å². The summed E-state index contributed by atoms with van der Waals surface area (Å²) in [4.78, 5) is 0. The van der Waals surface area contributed by atoms with Crippen LogP contribution in [0.2, 0.25) is 0 Å². The van der Waals surface area contributed by atoms with E-state index < -0.39 is 0 Å². The van der Waals surface area contributed by atoms with Crippen molar-refractivity contribution in [2.24, 2.45) is 0 Å². The molecule has 0 aliphatic rings. The molecule has 0 atom stereocenters. The zero-order chi connectivity index (χ0) is 10.7. The molecule has 14 heavy (non-hydrogen) atoms. The van der Waals surface area contributed by atoms with Crippen molar-refractivity contribution >= 4 is 0 Å². The summed E-state index contributed by atoms with van der Waals surface area (Å²) in [6, 6.07) is 1.99. The number of methoxy groups -OCH3 is 1. The molecule has 1 aromatic rings. The van der Waals surface area contributed by atoms with Gasteiger partial charge in [0, 0.05) is 7.11 Å². The first kappa shape index (κ1) is 11.1. The second-order valence-electron chi connectivity index (χ2n) is 3.59. The van der Waals surface area contributed by atoms with Gasteiger partial charge in [0.1, 0.15) is 5.75 Å². The van der Waals surface area contributed by atoms with Gasteiger partial charge in [-0.2, -0.15) is 0 Å². The third-order valence-corrected chi connectivity index (χ3v) is 2.64.